The zero-order chi connectivity index (χ0) is 14.1. The molecule has 2 saturated heterocycles. The average Bonchev–Trinajstić information content (AvgIpc) is 3.10. The molecular formula is C17H27N3. The highest BCUT2D eigenvalue weighted by Gasteiger charge is 2.28. The first-order valence-electron chi connectivity index (χ1n) is 8.14. The van der Waals surface area contributed by atoms with Crippen molar-refractivity contribution in [3.8, 4) is 0 Å². The SMILES string of the molecule is Cc1cc([C@H]2CCCN2C(C)C)cnc1N1CCCC1. The fourth-order valence-electron chi connectivity index (χ4n) is 3.80. The molecule has 2 aliphatic rings. The third-order valence-corrected chi connectivity index (χ3v) is 4.82. The van der Waals surface area contributed by atoms with E-state index in [1.807, 2.05) is 0 Å². The first-order chi connectivity index (χ1) is 9.66. The van der Waals surface area contributed by atoms with Crippen LogP contribution < -0.4 is 4.90 Å². The van der Waals surface area contributed by atoms with Crippen LogP contribution in [0.4, 0.5) is 5.82 Å². The molecule has 0 unspecified atom stereocenters. The molecule has 0 amide bonds. The van der Waals surface area contributed by atoms with Crippen molar-refractivity contribution in [3.63, 3.8) is 0 Å². The Morgan fingerprint density at radius 3 is 2.55 bits per heavy atom. The Morgan fingerprint density at radius 2 is 1.90 bits per heavy atom. The minimum Gasteiger partial charge on any atom is -0.356 e. The van der Waals surface area contributed by atoms with E-state index in [1.54, 1.807) is 0 Å². The molecule has 3 heteroatoms. The molecule has 1 atom stereocenters. The Labute approximate surface area is 123 Å². The van der Waals surface area contributed by atoms with Gasteiger partial charge in [-0.2, -0.15) is 0 Å². The van der Waals surface area contributed by atoms with Gasteiger partial charge in [0.1, 0.15) is 5.82 Å². The summed E-state index contributed by atoms with van der Waals surface area (Å²) in [6.07, 6.45) is 7.35. The summed E-state index contributed by atoms with van der Waals surface area (Å²) in [4.78, 5) is 9.85. The van der Waals surface area contributed by atoms with E-state index in [0.29, 0.717) is 12.1 Å². The van der Waals surface area contributed by atoms with Crippen LogP contribution in [-0.4, -0.2) is 35.6 Å². The summed E-state index contributed by atoms with van der Waals surface area (Å²) in [5.41, 5.74) is 2.76. The Morgan fingerprint density at radius 1 is 1.15 bits per heavy atom. The highest BCUT2D eigenvalue weighted by atomic mass is 15.2. The van der Waals surface area contributed by atoms with Crippen molar-refractivity contribution < 1.29 is 0 Å². The van der Waals surface area contributed by atoms with Gasteiger partial charge in [0.2, 0.25) is 0 Å². The third-order valence-electron chi connectivity index (χ3n) is 4.82. The summed E-state index contributed by atoms with van der Waals surface area (Å²) in [7, 11) is 0. The number of anilines is 1. The Kier molecular flexibility index (Phi) is 3.97. The standard InChI is InChI=1S/C17H27N3/c1-13(2)20-10-6-7-16(20)15-11-14(3)17(18-12-15)19-8-4-5-9-19/h11-13,16H,4-10H2,1-3H3/t16-/m1/s1. The van der Waals surface area contributed by atoms with Gasteiger partial charge in [0.05, 0.1) is 0 Å². The highest BCUT2D eigenvalue weighted by Crippen LogP contribution is 2.34. The van der Waals surface area contributed by atoms with E-state index in [0.717, 1.165) is 0 Å². The quantitative estimate of drug-likeness (QED) is 0.840. The Balaban J connectivity index is 1.82. The molecule has 3 heterocycles. The number of likely N-dealkylation sites (tertiary alicyclic amines) is 1. The third kappa shape index (κ3) is 2.56. The number of nitrogens with zero attached hydrogens (tertiary/aromatic N) is 3. The fourth-order valence-corrected chi connectivity index (χ4v) is 3.80. The van der Waals surface area contributed by atoms with E-state index in [2.05, 4.69) is 42.8 Å². The lowest BCUT2D eigenvalue weighted by Gasteiger charge is -2.29. The van der Waals surface area contributed by atoms with E-state index in [-0.39, 0.29) is 0 Å². The Hall–Kier alpha value is -1.09. The minimum atomic E-state index is 0.578. The first kappa shape index (κ1) is 13.9. The van der Waals surface area contributed by atoms with Crippen LogP contribution in [-0.2, 0) is 0 Å². The van der Waals surface area contributed by atoms with Gasteiger partial charge in [-0.25, -0.2) is 4.98 Å². The normalized spacial score (nSPS) is 24.0. The zero-order valence-electron chi connectivity index (χ0n) is 13.1. The smallest absolute Gasteiger partial charge is 0.131 e. The van der Waals surface area contributed by atoms with Crippen LogP contribution in [0, 0.1) is 6.92 Å². The molecule has 110 valence electrons. The molecule has 0 spiro atoms. The molecule has 0 bridgehead atoms. The lowest BCUT2D eigenvalue weighted by Crippen LogP contribution is -2.30. The minimum absolute atomic E-state index is 0.578. The van der Waals surface area contributed by atoms with Gasteiger partial charge in [0.25, 0.3) is 0 Å². The van der Waals surface area contributed by atoms with Crippen molar-refractivity contribution in [2.24, 2.45) is 0 Å². The van der Waals surface area contributed by atoms with Gasteiger partial charge in [-0.15, -0.1) is 0 Å². The average molecular weight is 273 g/mol. The van der Waals surface area contributed by atoms with Crippen LogP contribution in [0.15, 0.2) is 12.3 Å². The molecule has 0 saturated carbocycles. The second-order valence-electron chi connectivity index (χ2n) is 6.59. The largest absolute Gasteiger partial charge is 0.356 e. The number of rotatable bonds is 3. The van der Waals surface area contributed by atoms with Crippen LogP contribution in [0.3, 0.4) is 0 Å². The summed E-state index contributed by atoms with van der Waals surface area (Å²) in [6.45, 7) is 10.4. The molecule has 1 aromatic heterocycles. The zero-order valence-corrected chi connectivity index (χ0v) is 13.1. The van der Waals surface area contributed by atoms with Crippen molar-refractivity contribution >= 4 is 5.82 Å². The molecule has 2 fully saturated rings. The van der Waals surface area contributed by atoms with Crippen LogP contribution in [0.1, 0.15) is 56.7 Å². The summed E-state index contributed by atoms with van der Waals surface area (Å²) in [6, 6.07) is 3.58. The first-order valence-corrected chi connectivity index (χ1v) is 8.14. The fraction of sp³-hybridized carbons (Fsp3) is 0.706. The molecule has 20 heavy (non-hydrogen) atoms. The van der Waals surface area contributed by atoms with Gasteiger partial charge in [0.15, 0.2) is 0 Å². The van der Waals surface area contributed by atoms with Crippen LogP contribution in [0.2, 0.25) is 0 Å². The maximum atomic E-state index is 4.80. The molecule has 0 radical (unpaired) electrons. The number of hydrogen-bond donors (Lipinski definition) is 0. The highest BCUT2D eigenvalue weighted by molar-refractivity contribution is 5.48. The van der Waals surface area contributed by atoms with Crippen LogP contribution >= 0.6 is 0 Å². The van der Waals surface area contributed by atoms with Gasteiger partial charge in [-0.1, -0.05) is 0 Å². The van der Waals surface area contributed by atoms with Crippen LogP contribution in [0.5, 0.6) is 0 Å². The van der Waals surface area contributed by atoms with E-state index < -0.39 is 0 Å². The second kappa shape index (κ2) is 5.72. The lowest BCUT2D eigenvalue weighted by atomic mass is 10.0. The number of aromatic nitrogens is 1. The molecule has 3 nitrogen and oxygen atoms in total. The van der Waals surface area contributed by atoms with Crippen molar-refractivity contribution in [3.05, 3.63) is 23.4 Å². The predicted octanol–water partition coefficient (Wildman–Crippen LogP) is 3.54. The van der Waals surface area contributed by atoms with Crippen molar-refractivity contribution in [1.82, 2.24) is 9.88 Å². The van der Waals surface area contributed by atoms with Gasteiger partial charge in [0, 0.05) is 31.4 Å². The molecule has 0 aliphatic carbocycles. The van der Waals surface area contributed by atoms with Gasteiger partial charge >= 0.3 is 0 Å². The summed E-state index contributed by atoms with van der Waals surface area (Å²) >= 11 is 0. The maximum absolute atomic E-state index is 4.80. The van der Waals surface area contributed by atoms with Gasteiger partial charge in [-0.05, 0) is 70.2 Å². The second-order valence-corrected chi connectivity index (χ2v) is 6.59. The van der Waals surface area contributed by atoms with Crippen molar-refractivity contribution in [1.29, 1.82) is 0 Å². The summed E-state index contributed by atoms with van der Waals surface area (Å²) in [5.74, 6) is 1.21. The van der Waals surface area contributed by atoms with E-state index >= 15 is 0 Å². The van der Waals surface area contributed by atoms with E-state index in [1.165, 1.54) is 62.3 Å². The molecule has 0 aromatic carbocycles. The van der Waals surface area contributed by atoms with E-state index in [4.69, 9.17) is 4.98 Å². The molecular weight excluding hydrogens is 246 g/mol. The predicted molar refractivity (Wildman–Crippen MR) is 84.2 cm³/mol. The van der Waals surface area contributed by atoms with Gasteiger partial charge in [-0.3, -0.25) is 4.90 Å². The van der Waals surface area contributed by atoms with E-state index in [9.17, 15) is 0 Å². The molecule has 1 aromatic rings. The summed E-state index contributed by atoms with van der Waals surface area (Å²) in [5, 5.41) is 0. The summed E-state index contributed by atoms with van der Waals surface area (Å²) < 4.78 is 0. The Bertz CT molecular complexity index is 463. The molecule has 2 aliphatic heterocycles. The number of aryl methyl sites for hydroxylation is 1. The molecule has 3 rings (SSSR count). The maximum Gasteiger partial charge on any atom is 0.131 e. The van der Waals surface area contributed by atoms with Crippen molar-refractivity contribution in [2.75, 3.05) is 24.5 Å². The van der Waals surface area contributed by atoms with Crippen molar-refractivity contribution in [2.45, 2.75) is 58.5 Å². The van der Waals surface area contributed by atoms with Crippen LogP contribution in [0.25, 0.3) is 0 Å². The number of pyridine rings is 1. The van der Waals surface area contributed by atoms with Gasteiger partial charge < -0.3 is 4.90 Å². The monoisotopic (exact) mass is 273 g/mol. The topological polar surface area (TPSA) is 19.4 Å². The lowest BCUT2D eigenvalue weighted by molar-refractivity contribution is 0.205. The molecule has 0 N–H and O–H groups in total. The number of hydrogen-bond acceptors (Lipinski definition) is 3.